The zero-order valence-electron chi connectivity index (χ0n) is 18.8. The van der Waals surface area contributed by atoms with E-state index in [0.717, 1.165) is 55.8 Å². The third-order valence-corrected chi connectivity index (χ3v) is 6.25. The molecule has 1 aromatic carbocycles. The van der Waals surface area contributed by atoms with E-state index < -0.39 is 28.9 Å². The van der Waals surface area contributed by atoms with Gasteiger partial charge < -0.3 is 15.2 Å². The molecule has 0 radical (unpaired) electrons. The average molecular weight is 474 g/mol. The summed E-state index contributed by atoms with van der Waals surface area (Å²) in [6, 6.07) is 5.30. The number of nitrogens with one attached hydrogen (secondary N) is 1. The van der Waals surface area contributed by atoms with Crippen molar-refractivity contribution in [3.05, 3.63) is 53.5 Å². The van der Waals surface area contributed by atoms with Gasteiger partial charge in [-0.05, 0) is 63.8 Å². The van der Waals surface area contributed by atoms with Gasteiger partial charge in [-0.1, -0.05) is 0 Å². The fourth-order valence-electron chi connectivity index (χ4n) is 4.47. The Morgan fingerprint density at radius 2 is 1.88 bits per heavy atom. The molecular weight excluding hydrogens is 449 g/mol. The Balaban J connectivity index is 1.72. The van der Waals surface area contributed by atoms with Gasteiger partial charge in [0.05, 0.1) is 28.9 Å². The van der Waals surface area contributed by atoms with Gasteiger partial charge in [0.2, 0.25) is 0 Å². The number of aromatic nitrogens is 3. The lowest BCUT2D eigenvalue weighted by molar-refractivity contribution is -0.138. The third kappa shape index (κ3) is 4.68. The molecule has 2 N–H and O–H groups in total. The van der Waals surface area contributed by atoms with E-state index in [1.165, 1.54) is 13.8 Å². The summed E-state index contributed by atoms with van der Waals surface area (Å²) in [7, 11) is 0. The van der Waals surface area contributed by atoms with Gasteiger partial charge in [0.25, 0.3) is 5.91 Å². The first kappa shape index (κ1) is 23.9. The molecule has 0 spiro atoms. The number of carbonyl (C=O) groups is 2. The number of hydrogen-bond acceptors (Lipinski definition) is 5. The molecule has 0 unspecified atom stereocenters. The van der Waals surface area contributed by atoms with Crippen molar-refractivity contribution in [1.29, 1.82) is 0 Å². The van der Waals surface area contributed by atoms with E-state index in [-0.39, 0.29) is 17.6 Å². The topological polar surface area (TPSA) is 97.1 Å². The van der Waals surface area contributed by atoms with Gasteiger partial charge in [-0.25, -0.2) is 0 Å². The summed E-state index contributed by atoms with van der Waals surface area (Å²) in [5.74, 6) is -0.975. The molecule has 1 amide bonds. The first-order valence-electron chi connectivity index (χ1n) is 11.0. The number of alkyl halides is 3. The Bertz CT molecular complexity index is 1220. The number of carbonyl (C=O) groups excluding carboxylic acids is 2. The quantitative estimate of drug-likeness (QED) is 0.515. The van der Waals surface area contributed by atoms with Crippen molar-refractivity contribution in [3.63, 3.8) is 0 Å². The SMILES string of the molecule is CC(C)(O)c1cc2c(cnn2C2CCC(C=O)CC2)cc1NC(=O)c1ncccc1C(F)(F)F. The summed E-state index contributed by atoms with van der Waals surface area (Å²) in [4.78, 5) is 27.5. The fourth-order valence-corrected chi connectivity index (χ4v) is 4.47. The first-order chi connectivity index (χ1) is 16.0. The van der Waals surface area contributed by atoms with Crippen LogP contribution >= 0.6 is 0 Å². The van der Waals surface area contributed by atoms with E-state index in [1.54, 1.807) is 18.3 Å². The highest BCUT2D eigenvalue weighted by molar-refractivity contribution is 6.05. The van der Waals surface area contributed by atoms with Crippen LogP contribution in [0.5, 0.6) is 0 Å². The summed E-state index contributed by atoms with van der Waals surface area (Å²) in [6.07, 6.45) is 2.10. The molecule has 0 bridgehead atoms. The Morgan fingerprint density at radius 1 is 1.18 bits per heavy atom. The maximum atomic E-state index is 13.4. The standard InChI is InChI=1S/C24H25F3N4O3/c1-23(2,34)18-11-20-15(12-29-31(20)16-7-5-14(13-32)6-8-16)10-19(18)30-22(33)21-17(24(25,26)27)4-3-9-28-21/h3-4,9-14,16,34H,5-8H2,1-2H3,(H,30,33). The molecule has 1 saturated carbocycles. The molecule has 4 rings (SSSR count). The van der Waals surface area contributed by atoms with Crippen LogP contribution in [-0.2, 0) is 16.6 Å². The van der Waals surface area contributed by atoms with Crippen LogP contribution in [0, 0.1) is 5.92 Å². The van der Waals surface area contributed by atoms with Crippen LogP contribution in [0.25, 0.3) is 10.9 Å². The second kappa shape index (κ2) is 8.83. The molecule has 1 aliphatic carbocycles. The number of nitrogens with zero attached hydrogens (tertiary/aromatic N) is 3. The smallest absolute Gasteiger partial charge is 0.386 e. The van der Waals surface area contributed by atoms with Gasteiger partial charge in [-0.3, -0.25) is 14.5 Å². The normalized spacial score (nSPS) is 19.2. The van der Waals surface area contributed by atoms with Gasteiger partial charge in [0, 0.05) is 28.8 Å². The molecule has 0 aliphatic heterocycles. The number of halogens is 3. The van der Waals surface area contributed by atoms with Crippen LogP contribution in [0.4, 0.5) is 18.9 Å². The number of rotatable bonds is 5. The number of aldehydes is 1. The zero-order chi connectivity index (χ0) is 24.7. The summed E-state index contributed by atoms with van der Waals surface area (Å²) < 4.78 is 41.9. The predicted molar refractivity (Wildman–Crippen MR) is 119 cm³/mol. The maximum absolute atomic E-state index is 13.4. The van der Waals surface area contributed by atoms with Crippen molar-refractivity contribution < 1.29 is 27.9 Å². The molecule has 7 nitrogen and oxygen atoms in total. The number of aliphatic hydroxyl groups is 1. The van der Waals surface area contributed by atoms with E-state index in [2.05, 4.69) is 15.4 Å². The Hall–Kier alpha value is -3.27. The van der Waals surface area contributed by atoms with Crippen LogP contribution in [0.2, 0.25) is 0 Å². The fraction of sp³-hybridized carbons (Fsp3) is 0.417. The molecule has 2 aromatic heterocycles. The second-order valence-corrected chi connectivity index (χ2v) is 9.16. The van der Waals surface area contributed by atoms with Crippen LogP contribution in [-0.4, -0.2) is 32.1 Å². The number of benzene rings is 1. The van der Waals surface area contributed by atoms with Crippen molar-refractivity contribution >= 4 is 28.8 Å². The minimum absolute atomic E-state index is 0.0556. The number of amides is 1. The Kier molecular flexibility index (Phi) is 6.20. The molecule has 0 atom stereocenters. The third-order valence-electron chi connectivity index (χ3n) is 6.25. The number of fused-ring (bicyclic) bond motifs is 1. The Morgan fingerprint density at radius 3 is 2.50 bits per heavy atom. The number of pyridine rings is 1. The van der Waals surface area contributed by atoms with E-state index in [1.807, 2.05) is 4.68 Å². The maximum Gasteiger partial charge on any atom is 0.418 e. The minimum atomic E-state index is -4.74. The van der Waals surface area contributed by atoms with E-state index in [0.29, 0.717) is 10.9 Å². The second-order valence-electron chi connectivity index (χ2n) is 9.16. The van der Waals surface area contributed by atoms with Gasteiger partial charge in [0.15, 0.2) is 0 Å². The molecular formula is C24H25F3N4O3. The van der Waals surface area contributed by atoms with Gasteiger partial charge >= 0.3 is 6.18 Å². The lowest BCUT2D eigenvalue weighted by Crippen LogP contribution is -2.24. The van der Waals surface area contributed by atoms with Gasteiger partial charge in [0.1, 0.15) is 12.0 Å². The van der Waals surface area contributed by atoms with Crippen molar-refractivity contribution in [2.75, 3.05) is 5.32 Å². The molecule has 1 fully saturated rings. The molecule has 3 aromatic rings. The average Bonchev–Trinajstić information content (AvgIpc) is 3.20. The summed E-state index contributed by atoms with van der Waals surface area (Å²) in [5.41, 5.74) is -2.05. The van der Waals surface area contributed by atoms with Crippen LogP contribution in [0.1, 0.15) is 67.2 Å². The van der Waals surface area contributed by atoms with Crippen LogP contribution in [0.15, 0.2) is 36.7 Å². The van der Waals surface area contributed by atoms with Gasteiger partial charge in [-0.15, -0.1) is 0 Å². The van der Waals surface area contributed by atoms with Crippen molar-refractivity contribution in [2.24, 2.45) is 5.92 Å². The zero-order valence-corrected chi connectivity index (χ0v) is 18.8. The molecule has 0 saturated heterocycles. The lowest BCUT2D eigenvalue weighted by Gasteiger charge is -2.27. The number of hydrogen-bond donors (Lipinski definition) is 2. The highest BCUT2D eigenvalue weighted by Gasteiger charge is 2.36. The van der Waals surface area contributed by atoms with Crippen molar-refractivity contribution in [3.8, 4) is 0 Å². The summed E-state index contributed by atoms with van der Waals surface area (Å²) in [6.45, 7) is 3.06. The summed E-state index contributed by atoms with van der Waals surface area (Å²) >= 11 is 0. The lowest BCUT2D eigenvalue weighted by atomic mass is 9.87. The van der Waals surface area contributed by atoms with Gasteiger partial charge in [-0.2, -0.15) is 18.3 Å². The van der Waals surface area contributed by atoms with Crippen molar-refractivity contribution in [1.82, 2.24) is 14.8 Å². The van der Waals surface area contributed by atoms with Crippen molar-refractivity contribution in [2.45, 2.75) is 57.3 Å². The van der Waals surface area contributed by atoms with E-state index in [4.69, 9.17) is 0 Å². The monoisotopic (exact) mass is 474 g/mol. The molecule has 2 heterocycles. The highest BCUT2D eigenvalue weighted by atomic mass is 19.4. The largest absolute Gasteiger partial charge is 0.418 e. The molecule has 180 valence electrons. The van der Waals surface area contributed by atoms with Crippen LogP contribution in [0.3, 0.4) is 0 Å². The molecule has 10 heteroatoms. The summed E-state index contributed by atoms with van der Waals surface area (Å²) in [5, 5.41) is 18.4. The van der Waals surface area contributed by atoms with E-state index in [9.17, 15) is 27.9 Å². The molecule has 34 heavy (non-hydrogen) atoms. The van der Waals surface area contributed by atoms with E-state index >= 15 is 0 Å². The minimum Gasteiger partial charge on any atom is -0.386 e. The molecule has 1 aliphatic rings. The first-order valence-corrected chi connectivity index (χ1v) is 11.0. The number of anilines is 1. The highest BCUT2D eigenvalue weighted by Crippen LogP contribution is 2.37. The predicted octanol–water partition coefficient (Wildman–Crippen LogP) is 4.86. The Labute approximate surface area is 194 Å². The van der Waals surface area contributed by atoms with Crippen LogP contribution < -0.4 is 5.32 Å².